The van der Waals surface area contributed by atoms with E-state index in [0.29, 0.717) is 51.6 Å². The zero-order valence-electron chi connectivity index (χ0n) is 17.5. The van der Waals surface area contributed by atoms with Gasteiger partial charge < -0.3 is 23.5 Å². The second-order valence-electron chi connectivity index (χ2n) is 7.59. The Labute approximate surface area is 188 Å². The summed E-state index contributed by atoms with van der Waals surface area (Å²) in [5.41, 5.74) is 1.44. The number of morpholine rings is 1. The SMILES string of the molecule is COCCn1c(CN2CCN(CS(=O)[O-])CC2)nc2c(N3CCOCC3)nc(Cl)nc21. The highest BCUT2D eigenvalue weighted by Crippen LogP contribution is 2.27. The minimum Gasteiger partial charge on any atom is -0.771 e. The number of hydrogen-bond donors (Lipinski definition) is 0. The number of aromatic nitrogens is 4. The van der Waals surface area contributed by atoms with Gasteiger partial charge in [-0.3, -0.25) is 14.0 Å². The molecule has 0 N–H and O–H groups in total. The van der Waals surface area contributed by atoms with Crippen molar-refractivity contribution in [1.82, 2.24) is 29.3 Å². The normalized spacial score (nSPS) is 19.9. The van der Waals surface area contributed by atoms with E-state index in [1.165, 1.54) is 0 Å². The molecule has 0 amide bonds. The molecule has 0 bridgehead atoms. The lowest BCUT2D eigenvalue weighted by molar-refractivity contribution is 0.122. The van der Waals surface area contributed by atoms with E-state index in [4.69, 9.17) is 26.1 Å². The molecule has 0 radical (unpaired) electrons. The summed E-state index contributed by atoms with van der Waals surface area (Å²) >= 11 is 4.24. The molecule has 2 fully saturated rings. The molecule has 2 aliphatic rings. The minimum atomic E-state index is -2.05. The number of hydrogen-bond acceptors (Lipinski definition) is 10. The largest absolute Gasteiger partial charge is 0.771 e. The molecule has 172 valence electrons. The standard InChI is InChI=1S/C18H28ClN7O4S/c1-29-9-8-26-14(12-23-2-4-24(5-3-23)13-31(27)28)20-15-16(21-18(19)22-17(15)26)25-6-10-30-11-7-25/h2-13H2,1H3,(H,27,28)/p-1. The number of anilines is 1. The fourth-order valence-electron chi connectivity index (χ4n) is 3.96. The highest BCUT2D eigenvalue weighted by molar-refractivity contribution is 7.79. The molecule has 4 rings (SSSR count). The molecule has 0 saturated carbocycles. The van der Waals surface area contributed by atoms with Gasteiger partial charge in [-0.05, 0) is 22.7 Å². The zero-order chi connectivity index (χ0) is 21.8. The summed E-state index contributed by atoms with van der Waals surface area (Å²) < 4.78 is 34.7. The van der Waals surface area contributed by atoms with Crippen LogP contribution in [0.2, 0.25) is 5.28 Å². The van der Waals surface area contributed by atoms with Crippen LogP contribution in [0, 0.1) is 0 Å². The summed E-state index contributed by atoms with van der Waals surface area (Å²) in [7, 11) is 1.67. The van der Waals surface area contributed by atoms with Crippen LogP contribution in [-0.4, -0.2) is 110 Å². The van der Waals surface area contributed by atoms with Crippen LogP contribution in [-0.2, 0) is 33.6 Å². The van der Waals surface area contributed by atoms with Gasteiger partial charge in [0.05, 0.1) is 32.2 Å². The van der Waals surface area contributed by atoms with Crippen LogP contribution < -0.4 is 4.90 Å². The first-order valence-corrected chi connectivity index (χ1v) is 11.9. The maximum Gasteiger partial charge on any atom is 0.226 e. The molecular formula is C18H27ClN7O4S-. The highest BCUT2D eigenvalue weighted by Gasteiger charge is 2.24. The van der Waals surface area contributed by atoms with Crippen molar-refractivity contribution in [2.45, 2.75) is 13.1 Å². The average molecular weight is 473 g/mol. The minimum absolute atomic E-state index is 0.0805. The summed E-state index contributed by atoms with van der Waals surface area (Å²) in [6.07, 6.45) is 0. The lowest BCUT2D eigenvalue weighted by atomic mass is 10.3. The van der Waals surface area contributed by atoms with Gasteiger partial charge in [0.1, 0.15) is 5.82 Å². The Bertz CT molecular complexity index is 916. The molecular weight excluding hydrogens is 446 g/mol. The van der Waals surface area contributed by atoms with Gasteiger partial charge in [0.2, 0.25) is 5.28 Å². The van der Waals surface area contributed by atoms with Gasteiger partial charge in [-0.25, -0.2) is 4.98 Å². The first kappa shape index (κ1) is 22.8. The van der Waals surface area contributed by atoms with Gasteiger partial charge in [0, 0.05) is 52.9 Å². The molecule has 2 aromatic heterocycles. The molecule has 2 aliphatic heterocycles. The summed E-state index contributed by atoms with van der Waals surface area (Å²) in [6, 6.07) is 0. The van der Waals surface area contributed by atoms with Crippen LogP contribution in [0.4, 0.5) is 5.82 Å². The quantitative estimate of drug-likeness (QED) is 0.381. The lowest BCUT2D eigenvalue weighted by Gasteiger charge is -2.34. The Kier molecular flexibility index (Phi) is 7.69. The van der Waals surface area contributed by atoms with Crippen LogP contribution in [0.15, 0.2) is 0 Å². The van der Waals surface area contributed by atoms with Crippen molar-refractivity contribution in [2.75, 3.05) is 77.0 Å². The molecule has 2 saturated heterocycles. The van der Waals surface area contributed by atoms with E-state index in [-0.39, 0.29) is 11.2 Å². The predicted octanol–water partition coefficient (Wildman–Crippen LogP) is -0.0831. The molecule has 0 spiro atoms. The fourth-order valence-corrected chi connectivity index (χ4v) is 4.68. The zero-order valence-corrected chi connectivity index (χ0v) is 19.1. The van der Waals surface area contributed by atoms with Crippen molar-refractivity contribution < 1.29 is 18.2 Å². The van der Waals surface area contributed by atoms with Crippen molar-refractivity contribution in [2.24, 2.45) is 0 Å². The van der Waals surface area contributed by atoms with Gasteiger partial charge in [-0.1, -0.05) is 0 Å². The van der Waals surface area contributed by atoms with Crippen LogP contribution in [0.5, 0.6) is 0 Å². The summed E-state index contributed by atoms with van der Waals surface area (Å²) in [5, 5.41) is 0.193. The van der Waals surface area contributed by atoms with Crippen molar-refractivity contribution in [3.63, 3.8) is 0 Å². The summed E-state index contributed by atoms with van der Waals surface area (Å²) in [4.78, 5) is 20.3. The van der Waals surface area contributed by atoms with Crippen LogP contribution in [0.3, 0.4) is 0 Å². The van der Waals surface area contributed by atoms with Crippen molar-refractivity contribution in [3.05, 3.63) is 11.1 Å². The van der Waals surface area contributed by atoms with Gasteiger partial charge in [0.15, 0.2) is 17.0 Å². The molecule has 1 unspecified atom stereocenters. The molecule has 0 aromatic carbocycles. The second kappa shape index (κ2) is 10.5. The number of fused-ring (bicyclic) bond motifs is 1. The number of imidazole rings is 1. The Morgan fingerprint density at radius 1 is 1.10 bits per heavy atom. The van der Waals surface area contributed by atoms with Crippen molar-refractivity contribution in [3.8, 4) is 0 Å². The third kappa shape index (κ3) is 5.51. The van der Waals surface area contributed by atoms with Crippen LogP contribution in [0.25, 0.3) is 11.2 Å². The molecule has 2 aromatic rings. The molecule has 31 heavy (non-hydrogen) atoms. The lowest BCUT2D eigenvalue weighted by Crippen LogP contribution is -2.47. The van der Waals surface area contributed by atoms with E-state index in [0.717, 1.165) is 43.3 Å². The average Bonchev–Trinajstić information content (AvgIpc) is 3.10. The predicted molar refractivity (Wildman–Crippen MR) is 116 cm³/mol. The third-order valence-corrected chi connectivity index (χ3v) is 6.32. The number of halogens is 1. The van der Waals surface area contributed by atoms with E-state index in [1.54, 1.807) is 7.11 Å². The molecule has 1 atom stereocenters. The van der Waals surface area contributed by atoms with Gasteiger partial charge in [-0.15, -0.1) is 0 Å². The van der Waals surface area contributed by atoms with E-state index in [2.05, 4.69) is 24.3 Å². The summed E-state index contributed by atoms with van der Waals surface area (Å²) in [5.74, 6) is 1.69. The van der Waals surface area contributed by atoms with Crippen LogP contribution >= 0.6 is 11.6 Å². The number of rotatable bonds is 8. The van der Waals surface area contributed by atoms with E-state index >= 15 is 0 Å². The number of piperazine rings is 1. The number of methoxy groups -OCH3 is 1. The summed E-state index contributed by atoms with van der Waals surface area (Å²) in [6.45, 7) is 7.45. The molecule has 0 aliphatic carbocycles. The van der Waals surface area contributed by atoms with Crippen LogP contribution in [0.1, 0.15) is 5.82 Å². The van der Waals surface area contributed by atoms with Gasteiger partial charge >= 0.3 is 0 Å². The second-order valence-corrected chi connectivity index (χ2v) is 8.79. The first-order valence-electron chi connectivity index (χ1n) is 10.3. The number of ether oxygens (including phenoxy) is 2. The van der Waals surface area contributed by atoms with E-state index in [9.17, 15) is 8.76 Å². The van der Waals surface area contributed by atoms with Gasteiger partial charge in [0.25, 0.3) is 0 Å². The van der Waals surface area contributed by atoms with E-state index in [1.807, 2.05) is 4.90 Å². The highest BCUT2D eigenvalue weighted by atomic mass is 35.5. The van der Waals surface area contributed by atoms with Crippen molar-refractivity contribution in [1.29, 1.82) is 0 Å². The van der Waals surface area contributed by atoms with Crippen molar-refractivity contribution >= 4 is 39.7 Å². The Hall–Kier alpha value is -1.41. The topological polar surface area (TPSA) is 112 Å². The molecule has 11 nitrogen and oxygen atoms in total. The number of nitrogens with zero attached hydrogens (tertiary/aromatic N) is 7. The monoisotopic (exact) mass is 472 g/mol. The maximum absolute atomic E-state index is 11.0. The maximum atomic E-state index is 11.0. The Balaban J connectivity index is 1.60. The fraction of sp³-hybridized carbons (Fsp3) is 0.722. The van der Waals surface area contributed by atoms with Gasteiger partial charge in [-0.2, -0.15) is 9.97 Å². The first-order chi connectivity index (χ1) is 15.0. The Morgan fingerprint density at radius 3 is 2.48 bits per heavy atom. The Morgan fingerprint density at radius 2 is 1.81 bits per heavy atom. The molecule has 4 heterocycles. The smallest absolute Gasteiger partial charge is 0.226 e. The molecule has 13 heteroatoms. The van der Waals surface area contributed by atoms with E-state index < -0.39 is 11.1 Å². The third-order valence-electron chi connectivity index (χ3n) is 5.58.